The zero-order valence-corrected chi connectivity index (χ0v) is 10.2. The van der Waals surface area contributed by atoms with E-state index in [0.29, 0.717) is 6.42 Å². The Kier molecular flexibility index (Phi) is 3.63. The van der Waals surface area contributed by atoms with Gasteiger partial charge >= 0.3 is 6.18 Å². The van der Waals surface area contributed by atoms with Crippen molar-refractivity contribution in [3.8, 4) is 0 Å². The summed E-state index contributed by atoms with van der Waals surface area (Å²) >= 11 is 0. The van der Waals surface area contributed by atoms with Crippen molar-refractivity contribution in [3.05, 3.63) is 0 Å². The van der Waals surface area contributed by atoms with Crippen LogP contribution in [0.3, 0.4) is 0 Å². The molecule has 0 spiro atoms. The summed E-state index contributed by atoms with van der Waals surface area (Å²) in [4.78, 5) is 0. The maximum Gasteiger partial charge on any atom is 0.389 e. The number of hydrogen-bond donors (Lipinski definition) is 1. The summed E-state index contributed by atoms with van der Waals surface area (Å²) in [5.74, 6) is 0.0933. The fourth-order valence-corrected chi connectivity index (χ4v) is 3.02. The minimum Gasteiger partial charge on any atom is -0.390 e. The highest BCUT2D eigenvalue weighted by Crippen LogP contribution is 2.49. The van der Waals surface area contributed by atoms with Gasteiger partial charge in [-0.15, -0.1) is 0 Å². The summed E-state index contributed by atoms with van der Waals surface area (Å²) in [7, 11) is 0. The van der Waals surface area contributed by atoms with Crippen LogP contribution in [0, 0.1) is 11.3 Å². The molecule has 1 aliphatic rings. The fourth-order valence-electron chi connectivity index (χ4n) is 3.02. The third-order valence-corrected chi connectivity index (χ3v) is 3.63. The molecule has 4 heteroatoms. The van der Waals surface area contributed by atoms with Gasteiger partial charge in [0.05, 0.1) is 5.60 Å². The number of rotatable bonds is 3. The lowest BCUT2D eigenvalue weighted by Gasteiger charge is -2.28. The van der Waals surface area contributed by atoms with E-state index in [-0.39, 0.29) is 24.2 Å². The first-order chi connectivity index (χ1) is 7.04. The Morgan fingerprint density at radius 1 is 1.31 bits per heavy atom. The molecule has 2 unspecified atom stereocenters. The van der Waals surface area contributed by atoms with Gasteiger partial charge in [0.15, 0.2) is 0 Å². The summed E-state index contributed by atoms with van der Waals surface area (Å²) in [5, 5.41) is 10.3. The van der Waals surface area contributed by atoms with Crippen LogP contribution in [0.25, 0.3) is 0 Å². The predicted molar refractivity (Wildman–Crippen MR) is 57.0 cm³/mol. The first-order valence-electron chi connectivity index (χ1n) is 5.83. The Morgan fingerprint density at radius 2 is 1.88 bits per heavy atom. The lowest BCUT2D eigenvalue weighted by molar-refractivity contribution is -0.138. The molecule has 0 heterocycles. The molecule has 1 N–H and O–H groups in total. The molecule has 0 aromatic carbocycles. The monoisotopic (exact) mass is 238 g/mol. The molecular weight excluding hydrogens is 217 g/mol. The molecule has 1 aliphatic carbocycles. The molecule has 0 aliphatic heterocycles. The van der Waals surface area contributed by atoms with Gasteiger partial charge in [0.2, 0.25) is 0 Å². The molecule has 0 radical (unpaired) electrons. The van der Waals surface area contributed by atoms with Gasteiger partial charge in [-0.05, 0) is 37.0 Å². The van der Waals surface area contributed by atoms with E-state index in [0.717, 1.165) is 6.42 Å². The van der Waals surface area contributed by atoms with E-state index < -0.39 is 18.2 Å². The second-order valence-electron chi connectivity index (χ2n) is 6.02. The molecule has 1 saturated carbocycles. The molecule has 1 rings (SSSR count). The van der Waals surface area contributed by atoms with E-state index in [1.807, 2.05) is 6.92 Å². The van der Waals surface area contributed by atoms with Crippen LogP contribution in [0.2, 0.25) is 0 Å². The number of hydrogen-bond acceptors (Lipinski definition) is 1. The Bertz CT molecular complexity index is 247. The van der Waals surface area contributed by atoms with Gasteiger partial charge in [0.25, 0.3) is 0 Å². The number of alkyl halides is 3. The number of halogens is 3. The molecule has 0 aromatic heterocycles. The highest BCUT2D eigenvalue weighted by Gasteiger charge is 2.47. The summed E-state index contributed by atoms with van der Waals surface area (Å²) in [6.07, 6.45) is -3.11. The van der Waals surface area contributed by atoms with Gasteiger partial charge in [0, 0.05) is 6.42 Å². The molecule has 0 aromatic rings. The lowest BCUT2D eigenvalue weighted by atomic mass is 9.85. The maximum atomic E-state index is 12.0. The first kappa shape index (κ1) is 13.8. The molecular formula is C12H21F3O. The van der Waals surface area contributed by atoms with Crippen molar-refractivity contribution in [3.63, 3.8) is 0 Å². The summed E-state index contributed by atoms with van der Waals surface area (Å²) < 4.78 is 36.1. The third-order valence-electron chi connectivity index (χ3n) is 3.63. The minimum atomic E-state index is -4.10. The van der Waals surface area contributed by atoms with Crippen molar-refractivity contribution < 1.29 is 18.3 Å². The van der Waals surface area contributed by atoms with Crippen molar-refractivity contribution in [1.29, 1.82) is 0 Å². The van der Waals surface area contributed by atoms with Crippen LogP contribution in [0.5, 0.6) is 0 Å². The Morgan fingerprint density at radius 3 is 2.25 bits per heavy atom. The normalized spacial score (nSPS) is 34.3. The average molecular weight is 238 g/mol. The van der Waals surface area contributed by atoms with Crippen LogP contribution in [-0.4, -0.2) is 16.9 Å². The van der Waals surface area contributed by atoms with Crippen molar-refractivity contribution in [2.75, 3.05) is 0 Å². The maximum absolute atomic E-state index is 12.0. The third kappa shape index (κ3) is 3.65. The zero-order valence-electron chi connectivity index (χ0n) is 10.2. The van der Waals surface area contributed by atoms with Crippen molar-refractivity contribution >= 4 is 0 Å². The first-order valence-corrected chi connectivity index (χ1v) is 5.83. The second kappa shape index (κ2) is 4.21. The van der Waals surface area contributed by atoms with Gasteiger partial charge in [0.1, 0.15) is 0 Å². The van der Waals surface area contributed by atoms with Crippen molar-refractivity contribution in [2.45, 2.75) is 64.7 Å². The topological polar surface area (TPSA) is 20.2 Å². The van der Waals surface area contributed by atoms with Crippen LogP contribution in [0.15, 0.2) is 0 Å². The van der Waals surface area contributed by atoms with Gasteiger partial charge in [-0.25, -0.2) is 0 Å². The number of aliphatic hydroxyl groups is 1. The van der Waals surface area contributed by atoms with Crippen LogP contribution in [-0.2, 0) is 0 Å². The molecule has 0 saturated heterocycles. The summed E-state index contributed by atoms with van der Waals surface area (Å²) in [6, 6.07) is 0. The summed E-state index contributed by atoms with van der Waals surface area (Å²) in [6.45, 7) is 6.05. The quantitative estimate of drug-likeness (QED) is 0.790. The molecule has 16 heavy (non-hydrogen) atoms. The van der Waals surface area contributed by atoms with E-state index in [1.165, 1.54) is 0 Å². The van der Waals surface area contributed by atoms with Gasteiger partial charge < -0.3 is 5.11 Å². The highest BCUT2D eigenvalue weighted by atomic mass is 19.4. The summed E-state index contributed by atoms with van der Waals surface area (Å²) in [5.41, 5.74) is -0.846. The lowest BCUT2D eigenvalue weighted by Crippen LogP contribution is -2.32. The Hall–Kier alpha value is -0.250. The fraction of sp³-hybridized carbons (Fsp3) is 1.00. The van der Waals surface area contributed by atoms with Crippen molar-refractivity contribution in [2.24, 2.45) is 11.3 Å². The second-order valence-corrected chi connectivity index (χ2v) is 6.02. The van der Waals surface area contributed by atoms with Crippen LogP contribution >= 0.6 is 0 Å². The molecule has 0 amide bonds. The molecule has 96 valence electrons. The van der Waals surface area contributed by atoms with Crippen molar-refractivity contribution in [1.82, 2.24) is 0 Å². The van der Waals surface area contributed by atoms with E-state index in [1.54, 1.807) is 0 Å². The van der Waals surface area contributed by atoms with Gasteiger partial charge in [-0.2, -0.15) is 13.2 Å². The minimum absolute atomic E-state index is 0.0282. The van der Waals surface area contributed by atoms with Gasteiger partial charge in [-0.3, -0.25) is 0 Å². The predicted octanol–water partition coefficient (Wildman–Crippen LogP) is 3.91. The SMILES string of the molecule is CC1CC(C)(C)CC1(O)CCCC(F)(F)F. The van der Waals surface area contributed by atoms with E-state index in [2.05, 4.69) is 13.8 Å². The highest BCUT2D eigenvalue weighted by molar-refractivity contribution is 4.98. The van der Waals surface area contributed by atoms with E-state index in [9.17, 15) is 18.3 Å². The molecule has 0 bridgehead atoms. The van der Waals surface area contributed by atoms with Crippen LogP contribution in [0.1, 0.15) is 52.9 Å². The zero-order chi connectivity index (χ0) is 12.6. The standard InChI is InChI=1S/C12H21F3O/c1-9-7-10(2,3)8-11(9,16)5-4-6-12(13,14)15/h9,16H,4-8H2,1-3H3. The Labute approximate surface area is 95.0 Å². The average Bonchev–Trinajstić information content (AvgIpc) is 2.17. The largest absolute Gasteiger partial charge is 0.390 e. The van der Waals surface area contributed by atoms with E-state index >= 15 is 0 Å². The Balaban J connectivity index is 2.47. The molecule has 1 fully saturated rings. The van der Waals surface area contributed by atoms with Gasteiger partial charge in [-0.1, -0.05) is 20.8 Å². The van der Waals surface area contributed by atoms with Crippen LogP contribution in [0.4, 0.5) is 13.2 Å². The molecule has 1 nitrogen and oxygen atoms in total. The van der Waals surface area contributed by atoms with Crippen LogP contribution < -0.4 is 0 Å². The molecule has 2 atom stereocenters. The van der Waals surface area contributed by atoms with E-state index in [4.69, 9.17) is 0 Å². The smallest absolute Gasteiger partial charge is 0.389 e.